The highest BCUT2D eigenvalue weighted by Gasteiger charge is 2.35. The minimum Gasteiger partial charge on any atom is -0.354 e. The molecular formula is C33H37N3O4. The van der Waals surface area contributed by atoms with E-state index in [1.807, 2.05) is 75.4 Å². The Morgan fingerprint density at radius 1 is 0.850 bits per heavy atom. The highest BCUT2D eigenvalue weighted by molar-refractivity contribution is 6.21. The van der Waals surface area contributed by atoms with Gasteiger partial charge in [-0.1, -0.05) is 86.1 Å². The van der Waals surface area contributed by atoms with Gasteiger partial charge in [0.25, 0.3) is 11.8 Å². The number of fused-ring (bicyclic) bond motifs is 1. The predicted molar refractivity (Wildman–Crippen MR) is 155 cm³/mol. The van der Waals surface area contributed by atoms with E-state index in [-0.39, 0.29) is 49.1 Å². The summed E-state index contributed by atoms with van der Waals surface area (Å²) in [7, 11) is 0. The van der Waals surface area contributed by atoms with Gasteiger partial charge in [-0.05, 0) is 42.5 Å². The molecule has 208 valence electrons. The molecule has 0 saturated heterocycles. The van der Waals surface area contributed by atoms with E-state index in [2.05, 4.69) is 5.32 Å². The highest BCUT2D eigenvalue weighted by atomic mass is 16.2. The number of amides is 4. The lowest BCUT2D eigenvalue weighted by Gasteiger charge is -2.32. The van der Waals surface area contributed by atoms with Crippen molar-refractivity contribution >= 4 is 23.6 Å². The third-order valence-electron chi connectivity index (χ3n) is 7.04. The van der Waals surface area contributed by atoms with Gasteiger partial charge in [-0.2, -0.15) is 0 Å². The van der Waals surface area contributed by atoms with Crippen LogP contribution in [-0.2, 0) is 22.6 Å². The number of rotatable bonds is 12. The van der Waals surface area contributed by atoms with Crippen LogP contribution in [-0.4, -0.2) is 52.6 Å². The zero-order chi connectivity index (χ0) is 28.6. The molecule has 0 aromatic heterocycles. The number of hydrogen-bond donors (Lipinski definition) is 1. The van der Waals surface area contributed by atoms with E-state index in [0.29, 0.717) is 30.5 Å². The van der Waals surface area contributed by atoms with Gasteiger partial charge < -0.3 is 10.2 Å². The van der Waals surface area contributed by atoms with Crippen molar-refractivity contribution in [2.24, 2.45) is 5.92 Å². The van der Waals surface area contributed by atoms with Crippen molar-refractivity contribution in [2.75, 3.05) is 13.1 Å². The van der Waals surface area contributed by atoms with Crippen LogP contribution in [0.25, 0.3) is 0 Å². The van der Waals surface area contributed by atoms with Crippen molar-refractivity contribution in [1.29, 1.82) is 0 Å². The Labute approximate surface area is 236 Å². The second kappa shape index (κ2) is 13.2. The van der Waals surface area contributed by atoms with Crippen LogP contribution in [0.2, 0.25) is 0 Å². The molecule has 40 heavy (non-hydrogen) atoms. The van der Waals surface area contributed by atoms with Crippen LogP contribution in [0.5, 0.6) is 0 Å². The average Bonchev–Trinajstić information content (AvgIpc) is 3.19. The Kier molecular flexibility index (Phi) is 9.48. The topological polar surface area (TPSA) is 86.8 Å². The minimum absolute atomic E-state index is 0.0992. The van der Waals surface area contributed by atoms with E-state index in [1.54, 1.807) is 29.2 Å². The van der Waals surface area contributed by atoms with Crippen LogP contribution in [0.1, 0.15) is 64.1 Å². The van der Waals surface area contributed by atoms with Crippen LogP contribution in [0.4, 0.5) is 0 Å². The minimum atomic E-state index is -0.714. The van der Waals surface area contributed by atoms with Gasteiger partial charge in [-0.3, -0.25) is 24.1 Å². The van der Waals surface area contributed by atoms with E-state index >= 15 is 0 Å². The number of nitrogens with zero attached hydrogens (tertiary/aromatic N) is 2. The standard InChI is InChI=1S/C33H37N3O4/c1-23(2)21-34-31(38)29(20-25-12-5-4-6-13-25)36(22-26-14-9-11-24(3)19-26)30(37)17-10-18-35-32(39)27-15-7-8-16-28(27)33(35)40/h4-9,11-16,19,23,29H,10,17-18,20-22H2,1-3H3,(H,34,38)/t29-/m0/s1. The number of benzene rings is 3. The molecule has 4 rings (SSSR count). The lowest BCUT2D eigenvalue weighted by molar-refractivity contribution is -0.141. The molecule has 0 aliphatic carbocycles. The zero-order valence-corrected chi connectivity index (χ0v) is 23.4. The maximum atomic E-state index is 13.8. The lowest BCUT2D eigenvalue weighted by atomic mass is 10.0. The summed E-state index contributed by atoms with van der Waals surface area (Å²) < 4.78 is 0. The third kappa shape index (κ3) is 7.03. The molecular weight excluding hydrogens is 502 g/mol. The first-order valence-electron chi connectivity index (χ1n) is 13.9. The first-order valence-corrected chi connectivity index (χ1v) is 13.9. The number of aryl methyl sites for hydroxylation is 1. The molecule has 0 radical (unpaired) electrons. The van der Waals surface area contributed by atoms with E-state index < -0.39 is 6.04 Å². The molecule has 7 nitrogen and oxygen atoms in total. The quantitative estimate of drug-likeness (QED) is 0.336. The summed E-state index contributed by atoms with van der Waals surface area (Å²) in [6.07, 6.45) is 0.781. The van der Waals surface area contributed by atoms with Crippen LogP contribution in [0.15, 0.2) is 78.9 Å². The molecule has 3 aromatic rings. The summed E-state index contributed by atoms with van der Waals surface area (Å²) in [6.45, 7) is 6.98. The highest BCUT2D eigenvalue weighted by Crippen LogP contribution is 2.23. The zero-order valence-electron chi connectivity index (χ0n) is 23.4. The SMILES string of the molecule is Cc1cccc(CN(C(=O)CCCN2C(=O)c3ccccc3C2=O)[C@@H](Cc2ccccc2)C(=O)NCC(C)C)c1. The van der Waals surface area contributed by atoms with Gasteiger partial charge in [0.05, 0.1) is 11.1 Å². The first-order chi connectivity index (χ1) is 19.2. The largest absolute Gasteiger partial charge is 0.354 e. The summed E-state index contributed by atoms with van der Waals surface area (Å²) in [4.78, 5) is 55.8. The van der Waals surface area contributed by atoms with Gasteiger partial charge in [0.2, 0.25) is 11.8 Å². The fraction of sp³-hybridized carbons (Fsp3) is 0.333. The number of carbonyl (C=O) groups is 4. The Balaban J connectivity index is 1.54. The number of carbonyl (C=O) groups excluding carboxylic acids is 4. The molecule has 1 atom stereocenters. The number of hydrogen-bond acceptors (Lipinski definition) is 4. The summed E-state index contributed by atoms with van der Waals surface area (Å²) in [5.74, 6) is -0.793. The maximum Gasteiger partial charge on any atom is 0.261 e. The summed E-state index contributed by atoms with van der Waals surface area (Å²) >= 11 is 0. The van der Waals surface area contributed by atoms with Gasteiger partial charge in [0.15, 0.2) is 0 Å². The smallest absolute Gasteiger partial charge is 0.261 e. The van der Waals surface area contributed by atoms with Crippen molar-refractivity contribution in [3.05, 3.63) is 107 Å². The van der Waals surface area contributed by atoms with E-state index in [9.17, 15) is 19.2 Å². The first kappa shape index (κ1) is 28.7. The lowest BCUT2D eigenvalue weighted by Crippen LogP contribution is -2.51. The van der Waals surface area contributed by atoms with Crippen LogP contribution in [0, 0.1) is 12.8 Å². The normalized spacial score (nSPS) is 13.3. The molecule has 1 aliphatic rings. The fourth-order valence-corrected chi connectivity index (χ4v) is 4.96. The second-order valence-corrected chi connectivity index (χ2v) is 10.8. The maximum absolute atomic E-state index is 13.8. The van der Waals surface area contributed by atoms with Crippen molar-refractivity contribution < 1.29 is 19.2 Å². The molecule has 0 bridgehead atoms. The molecule has 0 saturated carbocycles. The Hall–Kier alpha value is -4.26. The fourth-order valence-electron chi connectivity index (χ4n) is 4.96. The monoisotopic (exact) mass is 539 g/mol. The third-order valence-corrected chi connectivity index (χ3v) is 7.04. The molecule has 3 aromatic carbocycles. The molecule has 0 fully saturated rings. The molecule has 1 aliphatic heterocycles. The molecule has 1 N–H and O–H groups in total. The van der Waals surface area contributed by atoms with E-state index in [4.69, 9.17) is 0 Å². The summed E-state index contributed by atoms with van der Waals surface area (Å²) in [5.41, 5.74) is 3.75. The average molecular weight is 540 g/mol. The van der Waals surface area contributed by atoms with Gasteiger partial charge in [-0.15, -0.1) is 0 Å². The van der Waals surface area contributed by atoms with Gasteiger partial charge in [0, 0.05) is 32.5 Å². The van der Waals surface area contributed by atoms with Gasteiger partial charge >= 0.3 is 0 Å². The summed E-state index contributed by atoms with van der Waals surface area (Å²) in [5, 5.41) is 3.03. The van der Waals surface area contributed by atoms with Crippen LogP contribution >= 0.6 is 0 Å². The van der Waals surface area contributed by atoms with Crippen molar-refractivity contribution in [2.45, 2.75) is 52.6 Å². The van der Waals surface area contributed by atoms with Crippen molar-refractivity contribution in [3.8, 4) is 0 Å². The number of imide groups is 1. The van der Waals surface area contributed by atoms with Crippen molar-refractivity contribution in [3.63, 3.8) is 0 Å². The molecule has 1 heterocycles. The second-order valence-electron chi connectivity index (χ2n) is 10.8. The summed E-state index contributed by atoms with van der Waals surface area (Å²) in [6, 6.07) is 23.6. The van der Waals surface area contributed by atoms with Gasteiger partial charge in [-0.25, -0.2) is 0 Å². The van der Waals surface area contributed by atoms with E-state index in [1.165, 1.54) is 4.90 Å². The van der Waals surface area contributed by atoms with Crippen molar-refractivity contribution in [1.82, 2.24) is 15.1 Å². The Morgan fingerprint density at radius 3 is 2.10 bits per heavy atom. The Bertz CT molecular complexity index is 1330. The van der Waals surface area contributed by atoms with Gasteiger partial charge in [0.1, 0.15) is 6.04 Å². The number of nitrogens with one attached hydrogen (secondary N) is 1. The molecule has 4 amide bonds. The molecule has 0 spiro atoms. The van der Waals surface area contributed by atoms with E-state index in [0.717, 1.165) is 16.7 Å². The predicted octanol–water partition coefficient (Wildman–Crippen LogP) is 4.78. The van der Waals surface area contributed by atoms with Crippen LogP contribution < -0.4 is 5.32 Å². The Morgan fingerprint density at radius 2 is 1.48 bits per heavy atom. The van der Waals surface area contributed by atoms with Crippen LogP contribution in [0.3, 0.4) is 0 Å². The molecule has 0 unspecified atom stereocenters. The molecule has 7 heteroatoms.